The molecule has 3 atom stereocenters. The van der Waals surface area contributed by atoms with Gasteiger partial charge in [0.1, 0.15) is 0 Å². The van der Waals surface area contributed by atoms with Crippen LogP contribution in [0.1, 0.15) is 32.1 Å². The maximum atomic E-state index is 12.8. The summed E-state index contributed by atoms with van der Waals surface area (Å²) < 4.78 is 27.0. The summed E-state index contributed by atoms with van der Waals surface area (Å²) in [6, 6.07) is 8.56. The average Bonchev–Trinajstić information content (AvgIpc) is 3.09. The molecule has 1 heterocycles. The summed E-state index contributed by atoms with van der Waals surface area (Å²) in [5.41, 5.74) is 5.78. The third-order valence-corrected chi connectivity index (χ3v) is 7.30. The highest BCUT2D eigenvalue weighted by atomic mass is 32.2. The molecule has 0 spiro atoms. The first-order valence-electron chi connectivity index (χ1n) is 9.08. The first-order valence-corrected chi connectivity index (χ1v) is 10.5. The number of carbonyl (C=O) groups excluding carboxylic acids is 1. The molecule has 2 aliphatic rings. The second-order valence-corrected chi connectivity index (χ2v) is 8.99. The molecule has 3 rings (SSSR count). The van der Waals surface area contributed by atoms with Crippen LogP contribution >= 0.6 is 0 Å². The molecule has 0 radical (unpaired) electrons. The maximum Gasteiger partial charge on any atom is 0.243 e. The van der Waals surface area contributed by atoms with Gasteiger partial charge >= 0.3 is 0 Å². The molecule has 1 aliphatic heterocycles. The Morgan fingerprint density at radius 2 is 1.92 bits per heavy atom. The van der Waals surface area contributed by atoms with E-state index < -0.39 is 10.0 Å². The first-order chi connectivity index (χ1) is 12.0. The molecule has 1 saturated heterocycles. The van der Waals surface area contributed by atoms with Gasteiger partial charge in [0, 0.05) is 19.1 Å². The van der Waals surface area contributed by atoms with Gasteiger partial charge in [-0.25, -0.2) is 8.42 Å². The second kappa shape index (κ2) is 7.85. The summed E-state index contributed by atoms with van der Waals surface area (Å²) in [5.74, 6) is 0.0290. The van der Waals surface area contributed by atoms with Crippen molar-refractivity contribution in [3.05, 3.63) is 30.3 Å². The predicted octanol–water partition coefficient (Wildman–Crippen LogP) is 1.33. The van der Waals surface area contributed by atoms with E-state index in [9.17, 15) is 13.2 Å². The quantitative estimate of drug-likeness (QED) is 0.823. The number of nitrogens with two attached hydrogens (primary N) is 1. The van der Waals surface area contributed by atoms with Gasteiger partial charge in [0.05, 0.1) is 10.8 Å². The Balaban J connectivity index is 1.66. The van der Waals surface area contributed by atoms with Crippen LogP contribution in [0.3, 0.4) is 0 Å². The normalized spacial score (nSPS) is 28.0. The summed E-state index contributed by atoms with van der Waals surface area (Å²) in [5, 5.41) is 3.12. The van der Waals surface area contributed by atoms with E-state index in [-0.39, 0.29) is 29.3 Å². The lowest BCUT2D eigenvalue weighted by Crippen LogP contribution is -2.48. The molecule has 0 bridgehead atoms. The zero-order chi connectivity index (χ0) is 17.9. The Bertz CT molecular complexity index is 693. The van der Waals surface area contributed by atoms with Gasteiger partial charge in [-0.2, -0.15) is 4.31 Å². The molecule has 7 heteroatoms. The van der Waals surface area contributed by atoms with Crippen molar-refractivity contribution in [1.29, 1.82) is 0 Å². The smallest absolute Gasteiger partial charge is 0.243 e. The number of amides is 1. The first kappa shape index (κ1) is 18.4. The molecular formula is C18H27N3O3S. The molecule has 138 valence electrons. The fourth-order valence-corrected chi connectivity index (χ4v) is 5.47. The lowest BCUT2D eigenvalue weighted by Gasteiger charge is -2.32. The zero-order valence-corrected chi connectivity index (χ0v) is 15.2. The van der Waals surface area contributed by atoms with E-state index in [1.54, 1.807) is 30.3 Å². The number of sulfonamides is 1. The predicted molar refractivity (Wildman–Crippen MR) is 96.3 cm³/mol. The van der Waals surface area contributed by atoms with Crippen LogP contribution in [0.15, 0.2) is 35.2 Å². The third-order valence-electron chi connectivity index (χ3n) is 5.43. The van der Waals surface area contributed by atoms with Gasteiger partial charge in [-0.15, -0.1) is 0 Å². The summed E-state index contributed by atoms with van der Waals surface area (Å²) in [6.07, 6.45) is 4.54. The molecule has 3 unspecified atom stereocenters. The average molecular weight is 365 g/mol. The summed E-state index contributed by atoms with van der Waals surface area (Å²) in [6.45, 7) is 1.31. The summed E-state index contributed by atoms with van der Waals surface area (Å²) >= 11 is 0. The van der Waals surface area contributed by atoms with Gasteiger partial charge in [-0.05, 0) is 50.3 Å². The van der Waals surface area contributed by atoms with Gasteiger partial charge in [0.2, 0.25) is 15.9 Å². The number of piperidine rings is 1. The largest absolute Gasteiger partial charge is 0.353 e. The van der Waals surface area contributed by atoms with Crippen LogP contribution in [0.2, 0.25) is 0 Å². The maximum absolute atomic E-state index is 12.8. The van der Waals surface area contributed by atoms with Gasteiger partial charge in [-0.1, -0.05) is 24.6 Å². The molecule has 3 N–H and O–H groups in total. The molecule has 1 saturated carbocycles. The molecule has 0 aromatic heterocycles. The van der Waals surface area contributed by atoms with Crippen molar-refractivity contribution in [2.24, 2.45) is 17.6 Å². The Morgan fingerprint density at radius 1 is 1.16 bits per heavy atom. The molecule has 1 aromatic carbocycles. The van der Waals surface area contributed by atoms with E-state index in [0.717, 1.165) is 25.7 Å². The van der Waals surface area contributed by atoms with Crippen molar-refractivity contribution < 1.29 is 13.2 Å². The second-order valence-electron chi connectivity index (χ2n) is 7.06. The van der Waals surface area contributed by atoms with Crippen molar-refractivity contribution >= 4 is 15.9 Å². The number of hydrogen-bond donors (Lipinski definition) is 2. The van der Waals surface area contributed by atoms with Crippen molar-refractivity contribution in [3.63, 3.8) is 0 Å². The molecule has 1 aromatic rings. The van der Waals surface area contributed by atoms with Crippen LogP contribution in [0.4, 0.5) is 0 Å². The highest BCUT2D eigenvalue weighted by Crippen LogP contribution is 2.27. The molecule has 1 aliphatic carbocycles. The SMILES string of the molecule is NCC1CCCC1NC(=O)C1CCCN(S(=O)(=O)c2ccccc2)C1. The van der Waals surface area contributed by atoms with E-state index in [1.807, 2.05) is 0 Å². The van der Waals surface area contributed by atoms with E-state index in [0.29, 0.717) is 25.4 Å². The van der Waals surface area contributed by atoms with E-state index in [1.165, 1.54) is 4.31 Å². The standard InChI is InChI=1S/C18H27N3O3S/c19-12-14-6-4-10-17(14)20-18(22)15-7-5-11-21(13-15)25(23,24)16-8-2-1-3-9-16/h1-3,8-9,14-15,17H,4-7,10-13,19H2,(H,20,22). The van der Waals surface area contributed by atoms with Crippen LogP contribution in [-0.2, 0) is 14.8 Å². The molecule has 6 nitrogen and oxygen atoms in total. The monoisotopic (exact) mass is 365 g/mol. The number of benzene rings is 1. The lowest BCUT2D eigenvalue weighted by molar-refractivity contribution is -0.127. The lowest BCUT2D eigenvalue weighted by atomic mass is 9.97. The highest BCUT2D eigenvalue weighted by molar-refractivity contribution is 7.89. The van der Waals surface area contributed by atoms with Gasteiger partial charge in [-0.3, -0.25) is 4.79 Å². The van der Waals surface area contributed by atoms with Crippen LogP contribution in [0, 0.1) is 11.8 Å². The number of nitrogens with zero attached hydrogens (tertiary/aromatic N) is 1. The number of carbonyl (C=O) groups is 1. The fourth-order valence-electron chi connectivity index (χ4n) is 3.93. The summed E-state index contributed by atoms with van der Waals surface area (Å²) in [4.78, 5) is 12.9. The van der Waals surface area contributed by atoms with Crippen molar-refractivity contribution in [3.8, 4) is 0 Å². The summed E-state index contributed by atoms with van der Waals surface area (Å²) in [7, 11) is -3.54. The van der Waals surface area contributed by atoms with Crippen LogP contribution in [0.25, 0.3) is 0 Å². The highest BCUT2D eigenvalue weighted by Gasteiger charge is 2.35. The Labute approximate surface area is 149 Å². The van der Waals surface area contributed by atoms with Crippen molar-refractivity contribution in [2.45, 2.75) is 43.0 Å². The number of rotatable bonds is 5. The topological polar surface area (TPSA) is 92.5 Å². The minimum Gasteiger partial charge on any atom is -0.353 e. The zero-order valence-electron chi connectivity index (χ0n) is 14.4. The van der Waals surface area contributed by atoms with Crippen LogP contribution in [0.5, 0.6) is 0 Å². The number of hydrogen-bond acceptors (Lipinski definition) is 4. The van der Waals surface area contributed by atoms with Gasteiger partial charge < -0.3 is 11.1 Å². The van der Waals surface area contributed by atoms with E-state index in [4.69, 9.17) is 5.73 Å². The van der Waals surface area contributed by atoms with Gasteiger partial charge in [0.15, 0.2) is 0 Å². The van der Waals surface area contributed by atoms with Gasteiger partial charge in [0.25, 0.3) is 0 Å². The minimum absolute atomic E-state index is 0.0293. The molecular weight excluding hydrogens is 338 g/mol. The Kier molecular flexibility index (Phi) is 5.76. The minimum atomic E-state index is -3.54. The van der Waals surface area contributed by atoms with Crippen molar-refractivity contribution in [1.82, 2.24) is 9.62 Å². The fraction of sp³-hybridized carbons (Fsp3) is 0.611. The van der Waals surface area contributed by atoms with Crippen LogP contribution in [-0.4, -0.2) is 44.3 Å². The molecule has 2 fully saturated rings. The van der Waals surface area contributed by atoms with E-state index >= 15 is 0 Å². The van der Waals surface area contributed by atoms with E-state index in [2.05, 4.69) is 5.32 Å². The molecule has 1 amide bonds. The third kappa shape index (κ3) is 4.04. The number of nitrogens with one attached hydrogen (secondary N) is 1. The van der Waals surface area contributed by atoms with Crippen LogP contribution < -0.4 is 11.1 Å². The molecule has 25 heavy (non-hydrogen) atoms. The van der Waals surface area contributed by atoms with Crippen molar-refractivity contribution in [2.75, 3.05) is 19.6 Å². The Hall–Kier alpha value is -1.44. The Morgan fingerprint density at radius 3 is 2.64 bits per heavy atom.